The van der Waals surface area contributed by atoms with E-state index in [4.69, 9.17) is 9.47 Å². The first-order valence-electron chi connectivity index (χ1n) is 9.40. The average molecular weight is 401 g/mol. The number of fused-ring (bicyclic) bond motifs is 1. The molecule has 1 saturated carbocycles. The van der Waals surface area contributed by atoms with Crippen molar-refractivity contribution in [2.24, 2.45) is 0 Å². The Morgan fingerprint density at radius 3 is 2.25 bits per heavy atom. The van der Waals surface area contributed by atoms with Gasteiger partial charge in [0.05, 0.1) is 10.3 Å². The zero-order valence-corrected chi connectivity index (χ0v) is 16.6. The monoisotopic (exact) mass is 401 g/mol. The first kappa shape index (κ1) is 18.8. The molecule has 2 aromatic rings. The lowest BCUT2D eigenvalue weighted by molar-refractivity contribution is -0.121. The van der Waals surface area contributed by atoms with Crippen LogP contribution < -0.4 is 14.8 Å². The summed E-state index contributed by atoms with van der Waals surface area (Å²) in [6, 6.07) is 12.0. The Morgan fingerprint density at radius 1 is 0.964 bits per heavy atom. The number of ether oxygens (including phenoxy) is 2. The molecule has 2 aromatic carbocycles. The van der Waals surface area contributed by atoms with Gasteiger partial charge < -0.3 is 14.8 Å². The average Bonchev–Trinajstić information content (AvgIpc) is 3.18. The van der Waals surface area contributed by atoms with Crippen LogP contribution in [0.3, 0.4) is 0 Å². The minimum absolute atomic E-state index is 0.0752. The number of anilines is 1. The van der Waals surface area contributed by atoms with E-state index < -0.39 is 15.3 Å². The molecule has 4 rings (SSSR count). The Hall–Kier alpha value is -2.54. The van der Waals surface area contributed by atoms with Gasteiger partial charge in [-0.2, -0.15) is 0 Å². The zero-order valence-electron chi connectivity index (χ0n) is 15.7. The first-order chi connectivity index (χ1) is 13.4. The van der Waals surface area contributed by atoms with Crippen molar-refractivity contribution >= 4 is 21.4 Å². The molecule has 0 bridgehead atoms. The van der Waals surface area contributed by atoms with Crippen LogP contribution in [0.1, 0.15) is 31.2 Å². The summed E-state index contributed by atoms with van der Waals surface area (Å²) in [5.41, 5.74) is 0.895. The SMILES string of the molecule is CS(=O)(=O)c1ccc(NC(=O)C2(c3ccc4c(c3)OCCO4)CCCC2)cc1. The van der Waals surface area contributed by atoms with Crippen LogP contribution in [0, 0.1) is 0 Å². The van der Waals surface area contributed by atoms with E-state index in [-0.39, 0.29) is 10.8 Å². The van der Waals surface area contributed by atoms with Crippen LogP contribution in [0.25, 0.3) is 0 Å². The molecule has 7 heteroatoms. The second-order valence-corrected chi connectivity index (χ2v) is 9.41. The van der Waals surface area contributed by atoms with Gasteiger partial charge in [-0.25, -0.2) is 8.42 Å². The molecule has 1 heterocycles. The van der Waals surface area contributed by atoms with Gasteiger partial charge in [-0.1, -0.05) is 18.9 Å². The van der Waals surface area contributed by atoms with Gasteiger partial charge in [-0.05, 0) is 54.8 Å². The normalized spacial score (nSPS) is 17.9. The number of hydrogen-bond acceptors (Lipinski definition) is 5. The summed E-state index contributed by atoms with van der Waals surface area (Å²) in [5, 5.41) is 2.98. The highest BCUT2D eigenvalue weighted by molar-refractivity contribution is 7.90. The fourth-order valence-corrected chi connectivity index (χ4v) is 4.63. The summed E-state index contributed by atoms with van der Waals surface area (Å²) >= 11 is 0. The number of carbonyl (C=O) groups is 1. The Kier molecular flexibility index (Phi) is 4.79. The number of carbonyl (C=O) groups excluding carboxylic acids is 1. The van der Waals surface area contributed by atoms with E-state index in [0.29, 0.717) is 30.4 Å². The maximum Gasteiger partial charge on any atom is 0.235 e. The summed E-state index contributed by atoms with van der Waals surface area (Å²) in [7, 11) is -3.27. The molecule has 148 valence electrons. The maximum absolute atomic E-state index is 13.3. The molecule has 0 radical (unpaired) electrons. The Labute approximate surface area is 164 Å². The molecule has 1 amide bonds. The van der Waals surface area contributed by atoms with Crippen molar-refractivity contribution in [2.75, 3.05) is 24.8 Å². The van der Waals surface area contributed by atoms with E-state index in [1.165, 1.54) is 12.1 Å². The fourth-order valence-electron chi connectivity index (χ4n) is 4.00. The summed E-state index contributed by atoms with van der Waals surface area (Å²) in [6.07, 6.45) is 4.65. The van der Waals surface area contributed by atoms with Crippen LogP contribution in [0.2, 0.25) is 0 Å². The van der Waals surface area contributed by atoms with E-state index >= 15 is 0 Å². The maximum atomic E-state index is 13.3. The molecule has 6 nitrogen and oxygen atoms in total. The minimum Gasteiger partial charge on any atom is -0.486 e. The third kappa shape index (κ3) is 3.46. The lowest BCUT2D eigenvalue weighted by Crippen LogP contribution is -2.38. The summed E-state index contributed by atoms with van der Waals surface area (Å²) in [4.78, 5) is 13.5. The van der Waals surface area contributed by atoms with E-state index in [2.05, 4.69) is 5.32 Å². The smallest absolute Gasteiger partial charge is 0.235 e. The Morgan fingerprint density at radius 2 is 1.61 bits per heavy atom. The molecular formula is C21H23NO5S. The van der Waals surface area contributed by atoms with Crippen LogP contribution in [0.15, 0.2) is 47.4 Å². The molecule has 0 spiro atoms. The second-order valence-electron chi connectivity index (χ2n) is 7.40. The van der Waals surface area contributed by atoms with Crippen LogP contribution in [0.4, 0.5) is 5.69 Å². The van der Waals surface area contributed by atoms with Gasteiger partial charge in [0.25, 0.3) is 0 Å². The van der Waals surface area contributed by atoms with Gasteiger partial charge in [0.15, 0.2) is 21.3 Å². The van der Waals surface area contributed by atoms with Gasteiger partial charge >= 0.3 is 0 Å². The molecule has 1 N–H and O–H groups in total. The molecule has 2 aliphatic rings. The van der Waals surface area contributed by atoms with Gasteiger partial charge in [-0.15, -0.1) is 0 Å². The number of benzene rings is 2. The highest BCUT2D eigenvalue weighted by Crippen LogP contribution is 2.45. The number of hydrogen-bond donors (Lipinski definition) is 1. The van der Waals surface area contributed by atoms with Gasteiger partial charge in [-0.3, -0.25) is 4.79 Å². The number of nitrogens with one attached hydrogen (secondary N) is 1. The predicted molar refractivity (Wildman–Crippen MR) is 106 cm³/mol. The molecule has 0 saturated heterocycles. The largest absolute Gasteiger partial charge is 0.486 e. The van der Waals surface area contributed by atoms with Crippen molar-refractivity contribution in [1.82, 2.24) is 0 Å². The first-order valence-corrected chi connectivity index (χ1v) is 11.3. The Balaban J connectivity index is 1.61. The summed E-state index contributed by atoms with van der Waals surface area (Å²) in [6.45, 7) is 1.03. The highest BCUT2D eigenvalue weighted by Gasteiger charge is 2.43. The van der Waals surface area contributed by atoms with E-state index in [9.17, 15) is 13.2 Å². The zero-order chi connectivity index (χ0) is 19.8. The summed E-state index contributed by atoms with van der Waals surface area (Å²) < 4.78 is 34.5. The number of rotatable bonds is 4. The van der Waals surface area contributed by atoms with Crippen molar-refractivity contribution in [3.8, 4) is 11.5 Å². The van der Waals surface area contributed by atoms with Gasteiger partial charge in [0, 0.05) is 11.9 Å². The minimum atomic E-state index is -3.27. The van der Waals surface area contributed by atoms with Crippen molar-refractivity contribution in [1.29, 1.82) is 0 Å². The number of amides is 1. The van der Waals surface area contributed by atoms with E-state index in [1.54, 1.807) is 12.1 Å². The van der Waals surface area contributed by atoms with Crippen LogP contribution in [-0.2, 0) is 20.0 Å². The van der Waals surface area contributed by atoms with Gasteiger partial charge in [0.2, 0.25) is 5.91 Å². The lowest BCUT2D eigenvalue weighted by Gasteiger charge is -2.30. The molecule has 28 heavy (non-hydrogen) atoms. The third-order valence-electron chi connectivity index (χ3n) is 5.53. The van der Waals surface area contributed by atoms with Crippen LogP contribution >= 0.6 is 0 Å². The quantitative estimate of drug-likeness (QED) is 0.850. The van der Waals surface area contributed by atoms with E-state index in [0.717, 1.165) is 37.5 Å². The van der Waals surface area contributed by atoms with Crippen molar-refractivity contribution < 1.29 is 22.7 Å². The molecule has 1 aliphatic carbocycles. The van der Waals surface area contributed by atoms with Crippen molar-refractivity contribution in [3.63, 3.8) is 0 Å². The second kappa shape index (κ2) is 7.13. The summed E-state index contributed by atoms with van der Waals surface area (Å²) in [5.74, 6) is 1.31. The molecule has 0 aromatic heterocycles. The number of sulfone groups is 1. The van der Waals surface area contributed by atoms with Crippen LogP contribution in [0.5, 0.6) is 11.5 Å². The van der Waals surface area contributed by atoms with Crippen molar-refractivity contribution in [2.45, 2.75) is 36.0 Å². The molecule has 1 fully saturated rings. The molecule has 0 unspecified atom stereocenters. The standard InChI is InChI=1S/C21H23NO5S/c1-28(24,25)17-7-5-16(6-8-17)22-20(23)21(10-2-3-11-21)15-4-9-18-19(14-15)27-13-12-26-18/h4-9,14H,2-3,10-13H2,1H3,(H,22,23). The fraction of sp³-hybridized carbons (Fsp3) is 0.381. The highest BCUT2D eigenvalue weighted by atomic mass is 32.2. The Bertz CT molecular complexity index is 992. The lowest BCUT2D eigenvalue weighted by atomic mass is 9.77. The van der Waals surface area contributed by atoms with E-state index in [1.807, 2.05) is 18.2 Å². The molecular weight excluding hydrogens is 378 g/mol. The van der Waals surface area contributed by atoms with Gasteiger partial charge in [0.1, 0.15) is 13.2 Å². The topological polar surface area (TPSA) is 81.7 Å². The predicted octanol–water partition coefficient (Wildman–Crippen LogP) is 3.31. The third-order valence-corrected chi connectivity index (χ3v) is 6.66. The molecule has 1 aliphatic heterocycles. The van der Waals surface area contributed by atoms with Crippen molar-refractivity contribution in [3.05, 3.63) is 48.0 Å². The van der Waals surface area contributed by atoms with Crippen LogP contribution in [-0.4, -0.2) is 33.8 Å². The molecule has 0 atom stereocenters.